The van der Waals surface area contributed by atoms with Crippen molar-refractivity contribution < 1.29 is 9.53 Å². The van der Waals surface area contributed by atoms with Crippen LogP contribution in [0.15, 0.2) is 18.2 Å². The Labute approximate surface area is 123 Å². The van der Waals surface area contributed by atoms with Crippen LogP contribution in [0.3, 0.4) is 0 Å². The van der Waals surface area contributed by atoms with Crippen LogP contribution in [0.1, 0.15) is 37.3 Å². The molecule has 3 atom stereocenters. The molecule has 1 fully saturated rings. The predicted molar refractivity (Wildman–Crippen MR) is 77.8 cm³/mol. The maximum atomic E-state index is 12.1. The Morgan fingerprint density at radius 3 is 3.05 bits per heavy atom. The molecule has 0 spiro atoms. The topological polar surface area (TPSA) is 64.4 Å². The van der Waals surface area contributed by atoms with Crippen molar-refractivity contribution in [3.05, 3.63) is 28.8 Å². The van der Waals surface area contributed by atoms with Gasteiger partial charge in [-0.1, -0.05) is 18.0 Å². The number of ether oxygens (including phenoxy) is 1. The van der Waals surface area contributed by atoms with Gasteiger partial charge in [-0.2, -0.15) is 0 Å². The minimum atomic E-state index is -0.103. The van der Waals surface area contributed by atoms with Crippen LogP contribution < -0.4 is 15.8 Å². The van der Waals surface area contributed by atoms with Crippen LogP contribution in [0.5, 0.6) is 5.75 Å². The highest BCUT2D eigenvalue weighted by molar-refractivity contribution is 6.30. The summed E-state index contributed by atoms with van der Waals surface area (Å²) in [6.45, 7) is 0.470. The number of hydrogen-bond acceptors (Lipinski definition) is 3. The summed E-state index contributed by atoms with van der Waals surface area (Å²) < 4.78 is 5.56. The zero-order valence-electron chi connectivity index (χ0n) is 11.3. The van der Waals surface area contributed by atoms with Gasteiger partial charge in [0, 0.05) is 23.0 Å². The average molecular weight is 295 g/mol. The fourth-order valence-electron chi connectivity index (χ4n) is 3.12. The first-order valence-electron chi connectivity index (χ1n) is 7.10. The average Bonchev–Trinajstić information content (AvgIpc) is 2.98. The standard InChI is InChI=1S/C15H19ClN2O2/c16-10-4-5-14-11(7-10)13(8-20-14)18-15(19)6-9-2-1-3-12(9)17/h4-5,7,9,12-13H,1-3,6,8,17H2,(H,18,19)/t9-,12+,13?/m0/s1. The van der Waals surface area contributed by atoms with Crippen molar-refractivity contribution in [2.75, 3.05) is 6.61 Å². The van der Waals surface area contributed by atoms with Crippen LogP contribution in [0.4, 0.5) is 0 Å². The fraction of sp³-hybridized carbons (Fsp3) is 0.533. The normalized spacial score (nSPS) is 28.0. The fourth-order valence-corrected chi connectivity index (χ4v) is 3.30. The molecule has 1 saturated carbocycles. The van der Waals surface area contributed by atoms with Crippen molar-refractivity contribution in [3.8, 4) is 5.75 Å². The van der Waals surface area contributed by atoms with Crippen molar-refractivity contribution in [1.29, 1.82) is 0 Å². The summed E-state index contributed by atoms with van der Waals surface area (Å²) in [6.07, 6.45) is 3.72. The van der Waals surface area contributed by atoms with Gasteiger partial charge in [-0.3, -0.25) is 4.79 Å². The van der Waals surface area contributed by atoms with Crippen molar-refractivity contribution in [2.24, 2.45) is 11.7 Å². The van der Waals surface area contributed by atoms with E-state index in [1.54, 1.807) is 6.07 Å². The Bertz CT molecular complexity index is 521. The molecule has 0 saturated heterocycles. The molecule has 2 aliphatic rings. The zero-order chi connectivity index (χ0) is 14.1. The maximum absolute atomic E-state index is 12.1. The Kier molecular flexibility index (Phi) is 3.85. The SMILES string of the molecule is N[C@@H]1CCC[C@H]1CC(=O)NC1COc2ccc(Cl)cc21. The molecule has 0 aromatic heterocycles. The third-order valence-corrected chi connectivity index (χ3v) is 4.49. The largest absolute Gasteiger partial charge is 0.491 e. The van der Waals surface area contributed by atoms with E-state index in [4.69, 9.17) is 22.1 Å². The third-order valence-electron chi connectivity index (χ3n) is 4.25. The Morgan fingerprint density at radius 1 is 1.45 bits per heavy atom. The lowest BCUT2D eigenvalue weighted by Crippen LogP contribution is -2.34. The van der Waals surface area contributed by atoms with Gasteiger partial charge in [-0.25, -0.2) is 0 Å². The minimum absolute atomic E-state index is 0.0498. The first-order valence-corrected chi connectivity index (χ1v) is 7.48. The van der Waals surface area contributed by atoms with Gasteiger partial charge >= 0.3 is 0 Å². The van der Waals surface area contributed by atoms with Gasteiger partial charge in [-0.05, 0) is 37.0 Å². The highest BCUT2D eigenvalue weighted by atomic mass is 35.5. The number of carbonyl (C=O) groups excluding carboxylic acids is 1. The number of benzene rings is 1. The lowest BCUT2D eigenvalue weighted by Gasteiger charge is -2.17. The molecule has 108 valence electrons. The molecular formula is C15H19ClN2O2. The molecule has 1 unspecified atom stereocenters. The van der Waals surface area contributed by atoms with Crippen molar-refractivity contribution in [1.82, 2.24) is 5.32 Å². The first kappa shape index (κ1) is 13.7. The molecule has 1 aliphatic heterocycles. The van der Waals surface area contributed by atoms with E-state index in [1.807, 2.05) is 12.1 Å². The Morgan fingerprint density at radius 2 is 2.30 bits per heavy atom. The number of fused-ring (bicyclic) bond motifs is 1. The summed E-state index contributed by atoms with van der Waals surface area (Å²) in [4.78, 5) is 12.1. The Hall–Kier alpha value is -1.26. The minimum Gasteiger partial charge on any atom is -0.491 e. The summed E-state index contributed by atoms with van der Waals surface area (Å²) in [6, 6.07) is 5.56. The van der Waals surface area contributed by atoms with E-state index in [9.17, 15) is 4.79 Å². The molecule has 20 heavy (non-hydrogen) atoms. The molecule has 1 aromatic rings. The van der Waals surface area contributed by atoms with Gasteiger partial charge in [0.05, 0.1) is 6.04 Å². The highest BCUT2D eigenvalue weighted by Gasteiger charge is 2.29. The number of halogens is 1. The number of amides is 1. The van der Waals surface area contributed by atoms with E-state index >= 15 is 0 Å². The maximum Gasteiger partial charge on any atom is 0.220 e. The number of rotatable bonds is 3. The molecule has 0 radical (unpaired) electrons. The first-order chi connectivity index (χ1) is 9.63. The number of hydrogen-bond donors (Lipinski definition) is 2. The van der Waals surface area contributed by atoms with Gasteiger partial charge in [0.1, 0.15) is 12.4 Å². The molecule has 3 N–H and O–H groups in total. The molecule has 0 bridgehead atoms. The van der Waals surface area contributed by atoms with Crippen LogP contribution in [-0.4, -0.2) is 18.6 Å². The molecule has 1 heterocycles. The number of carbonyl (C=O) groups is 1. The van der Waals surface area contributed by atoms with Crippen LogP contribution in [0.2, 0.25) is 5.02 Å². The van der Waals surface area contributed by atoms with Gasteiger partial charge in [0.2, 0.25) is 5.91 Å². The van der Waals surface area contributed by atoms with E-state index in [2.05, 4.69) is 5.32 Å². The lowest BCUT2D eigenvalue weighted by molar-refractivity contribution is -0.122. The van der Waals surface area contributed by atoms with E-state index in [-0.39, 0.29) is 18.0 Å². The monoisotopic (exact) mass is 294 g/mol. The summed E-state index contributed by atoms with van der Waals surface area (Å²) >= 11 is 6.00. The second-order valence-corrected chi connectivity index (χ2v) is 6.11. The van der Waals surface area contributed by atoms with E-state index in [0.717, 1.165) is 30.6 Å². The van der Waals surface area contributed by atoms with Crippen LogP contribution in [0.25, 0.3) is 0 Å². The van der Waals surface area contributed by atoms with E-state index in [0.29, 0.717) is 24.0 Å². The molecule has 1 aromatic carbocycles. The lowest BCUT2D eigenvalue weighted by atomic mass is 9.99. The smallest absolute Gasteiger partial charge is 0.220 e. The second kappa shape index (κ2) is 5.62. The quantitative estimate of drug-likeness (QED) is 0.900. The molecule has 1 amide bonds. The number of nitrogens with one attached hydrogen (secondary N) is 1. The molecular weight excluding hydrogens is 276 g/mol. The van der Waals surface area contributed by atoms with Crippen molar-refractivity contribution >= 4 is 17.5 Å². The van der Waals surface area contributed by atoms with Gasteiger partial charge in [0.25, 0.3) is 0 Å². The van der Waals surface area contributed by atoms with Crippen LogP contribution in [0, 0.1) is 5.92 Å². The molecule has 5 heteroatoms. The summed E-state index contributed by atoms with van der Waals surface area (Å²) in [7, 11) is 0. The van der Waals surface area contributed by atoms with E-state index in [1.165, 1.54) is 0 Å². The third kappa shape index (κ3) is 2.76. The highest BCUT2D eigenvalue weighted by Crippen LogP contribution is 2.34. The van der Waals surface area contributed by atoms with E-state index < -0.39 is 0 Å². The molecule has 3 rings (SSSR count). The molecule has 1 aliphatic carbocycles. The number of nitrogens with two attached hydrogens (primary N) is 1. The summed E-state index contributed by atoms with van der Waals surface area (Å²) in [5.74, 6) is 1.17. The van der Waals surface area contributed by atoms with Crippen LogP contribution in [-0.2, 0) is 4.79 Å². The second-order valence-electron chi connectivity index (χ2n) is 5.67. The predicted octanol–water partition coefficient (Wildman–Crippen LogP) is 2.41. The Balaban J connectivity index is 1.62. The summed E-state index contributed by atoms with van der Waals surface area (Å²) in [5, 5.41) is 3.69. The molecule has 4 nitrogen and oxygen atoms in total. The van der Waals surface area contributed by atoms with Gasteiger partial charge < -0.3 is 15.8 Å². The van der Waals surface area contributed by atoms with Gasteiger partial charge in [0.15, 0.2) is 0 Å². The zero-order valence-corrected chi connectivity index (χ0v) is 12.0. The summed E-state index contributed by atoms with van der Waals surface area (Å²) in [5.41, 5.74) is 6.97. The van der Waals surface area contributed by atoms with Gasteiger partial charge in [-0.15, -0.1) is 0 Å². The van der Waals surface area contributed by atoms with Crippen molar-refractivity contribution in [3.63, 3.8) is 0 Å². The van der Waals surface area contributed by atoms with Crippen molar-refractivity contribution in [2.45, 2.75) is 37.8 Å². The van der Waals surface area contributed by atoms with Crippen LogP contribution >= 0.6 is 11.6 Å².